The van der Waals surface area contributed by atoms with Gasteiger partial charge >= 0.3 is 11.9 Å². The standard InChI is InChI=1S/C37H64O5/c1-11-16-33(38)41-35-29(7)30(8)36(42-34(39)17-12-2)32(31(35)9)23-25-37(10,40)24-15-22-28(6)21-14-20-27(5)19-13-18-26(3)4/h26-28,40H,11-25H2,1-10H3. The molecule has 1 N–H and O–H groups in total. The number of esters is 2. The highest BCUT2D eigenvalue weighted by Gasteiger charge is 2.26. The highest BCUT2D eigenvalue weighted by Crippen LogP contribution is 2.40. The molecule has 0 aromatic heterocycles. The van der Waals surface area contributed by atoms with Gasteiger partial charge in [-0.15, -0.1) is 0 Å². The maximum atomic E-state index is 12.5. The van der Waals surface area contributed by atoms with Gasteiger partial charge < -0.3 is 14.6 Å². The van der Waals surface area contributed by atoms with E-state index < -0.39 is 5.60 Å². The van der Waals surface area contributed by atoms with Crippen LogP contribution in [-0.4, -0.2) is 22.6 Å². The molecule has 0 aliphatic heterocycles. The molecule has 0 heterocycles. The van der Waals surface area contributed by atoms with Crippen molar-refractivity contribution >= 4 is 11.9 Å². The SMILES string of the molecule is CCCC(=O)Oc1c(C)c(C)c(OC(=O)CCC)c(CCC(C)(O)CCCC(C)CCCC(C)CCCC(C)C)c1C. The lowest BCUT2D eigenvalue weighted by Crippen LogP contribution is -2.25. The van der Waals surface area contributed by atoms with Gasteiger partial charge in [-0.1, -0.05) is 92.9 Å². The van der Waals surface area contributed by atoms with Gasteiger partial charge in [-0.3, -0.25) is 9.59 Å². The van der Waals surface area contributed by atoms with Crippen LogP contribution < -0.4 is 9.47 Å². The van der Waals surface area contributed by atoms with Crippen LogP contribution in [0, 0.1) is 38.5 Å². The number of benzene rings is 1. The van der Waals surface area contributed by atoms with E-state index in [9.17, 15) is 14.7 Å². The molecule has 1 rings (SSSR count). The molecule has 0 saturated heterocycles. The van der Waals surface area contributed by atoms with Crippen molar-refractivity contribution in [2.45, 2.75) is 171 Å². The van der Waals surface area contributed by atoms with Crippen molar-refractivity contribution in [2.24, 2.45) is 17.8 Å². The number of hydrogen-bond acceptors (Lipinski definition) is 5. The number of carbonyl (C=O) groups excluding carboxylic acids is 2. The molecule has 0 radical (unpaired) electrons. The Labute approximate surface area is 258 Å². The fraction of sp³-hybridized carbons (Fsp3) is 0.784. The van der Waals surface area contributed by atoms with Crippen LogP contribution in [0.25, 0.3) is 0 Å². The summed E-state index contributed by atoms with van der Waals surface area (Å²) in [6.45, 7) is 20.9. The second-order valence-electron chi connectivity index (χ2n) is 13.8. The van der Waals surface area contributed by atoms with E-state index in [1.54, 1.807) is 0 Å². The quantitative estimate of drug-likeness (QED) is 0.114. The molecule has 3 atom stereocenters. The summed E-state index contributed by atoms with van der Waals surface area (Å²) in [7, 11) is 0. The van der Waals surface area contributed by atoms with Crippen LogP contribution in [0.15, 0.2) is 0 Å². The minimum absolute atomic E-state index is 0.258. The molecule has 0 aliphatic carbocycles. The first-order valence-electron chi connectivity index (χ1n) is 17.0. The molecule has 0 bridgehead atoms. The summed E-state index contributed by atoms with van der Waals surface area (Å²) >= 11 is 0. The van der Waals surface area contributed by atoms with Crippen LogP contribution in [0.1, 0.15) is 161 Å². The zero-order valence-electron chi connectivity index (χ0n) is 28.9. The third-order valence-electron chi connectivity index (χ3n) is 8.85. The molecule has 242 valence electrons. The van der Waals surface area contributed by atoms with Gasteiger partial charge in [-0.2, -0.15) is 0 Å². The summed E-state index contributed by atoms with van der Waals surface area (Å²) in [4.78, 5) is 24.9. The fourth-order valence-electron chi connectivity index (χ4n) is 5.81. The van der Waals surface area contributed by atoms with Crippen LogP contribution in [0.5, 0.6) is 11.5 Å². The van der Waals surface area contributed by atoms with Crippen LogP contribution in [-0.2, 0) is 16.0 Å². The Morgan fingerprint density at radius 3 is 1.64 bits per heavy atom. The summed E-state index contributed by atoms with van der Waals surface area (Å²) in [6.07, 6.45) is 13.9. The number of aliphatic hydroxyl groups is 1. The van der Waals surface area contributed by atoms with Crippen molar-refractivity contribution in [2.75, 3.05) is 0 Å². The highest BCUT2D eigenvalue weighted by atomic mass is 16.5. The first-order valence-corrected chi connectivity index (χ1v) is 17.0. The summed E-state index contributed by atoms with van der Waals surface area (Å²) < 4.78 is 11.7. The zero-order chi connectivity index (χ0) is 31.9. The van der Waals surface area contributed by atoms with E-state index in [4.69, 9.17) is 9.47 Å². The largest absolute Gasteiger partial charge is 0.426 e. The second-order valence-corrected chi connectivity index (χ2v) is 13.8. The topological polar surface area (TPSA) is 72.8 Å². The monoisotopic (exact) mass is 588 g/mol. The Balaban J connectivity index is 2.82. The minimum Gasteiger partial charge on any atom is -0.426 e. The smallest absolute Gasteiger partial charge is 0.311 e. The van der Waals surface area contributed by atoms with Crippen molar-refractivity contribution < 1.29 is 24.2 Å². The number of carbonyl (C=O) groups is 2. The number of hydrogen-bond donors (Lipinski definition) is 1. The first-order chi connectivity index (χ1) is 19.7. The van der Waals surface area contributed by atoms with Gasteiger partial charge in [-0.25, -0.2) is 0 Å². The molecule has 42 heavy (non-hydrogen) atoms. The molecule has 5 heteroatoms. The first kappa shape index (κ1) is 38.1. The fourth-order valence-corrected chi connectivity index (χ4v) is 5.81. The van der Waals surface area contributed by atoms with Gasteiger partial charge in [0.2, 0.25) is 0 Å². The lowest BCUT2D eigenvalue weighted by atomic mass is 9.86. The Morgan fingerprint density at radius 1 is 0.690 bits per heavy atom. The predicted molar refractivity (Wildman–Crippen MR) is 175 cm³/mol. The van der Waals surface area contributed by atoms with Gasteiger partial charge in [0.25, 0.3) is 0 Å². The molecular weight excluding hydrogens is 524 g/mol. The van der Waals surface area contributed by atoms with Gasteiger partial charge in [0.05, 0.1) is 5.60 Å². The minimum atomic E-state index is -0.834. The normalized spacial score (nSPS) is 14.5. The van der Waals surface area contributed by atoms with E-state index >= 15 is 0 Å². The van der Waals surface area contributed by atoms with Crippen LogP contribution >= 0.6 is 0 Å². The molecule has 3 unspecified atom stereocenters. The highest BCUT2D eigenvalue weighted by molar-refractivity contribution is 5.76. The lowest BCUT2D eigenvalue weighted by molar-refractivity contribution is -0.135. The maximum Gasteiger partial charge on any atom is 0.311 e. The van der Waals surface area contributed by atoms with Gasteiger partial charge in [0.1, 0.15) is 11.5 Å². The molecule has 0 saturated carbocycles. The van der Waals surface area contributed by atoms with Crippen molar-refractivity contribution in [1.29, 1.82) is 0 Å². The van der Waals surface area contributed by atoms with E-state index in [1.807, 2.05) is 41.5 Å². The molecule has 1 aromatic rings. The van der Waals surface area contributed by atoms with Gasteiger partial charge in [0, 0.05) is 18.4 Å². The average Bonchev–Trinajstić information content (AvgIpc) is 2.89. The summed E-state index contributed by atoms with van der Waals surface area (Å²) in [6, 6.07) is 0. The van der Waals surface area contributed by atoms with E-state index in [1.165, 1.54) is 38.5 Å². The molecule has 5 nitrogen and oxygen atoms in total. The summed E-state index contributed by atoms with van der Waals surface area (Å²) in [5.41, 5.74) is 2.44. The molecule has 0 aliphatic rings. The van der Waals surface area contributed by atoms with Crippen LogP contribution in [0.2, 0.25) is 0 Å². The van der Waals surface area contributed by atoms with E-state index in [-0.39, 0.29) is 11.9 Å². The average molecular weight is 589 g/mol. The van der Waals surface area contributed by atoms with E-state index in [2.05, 4.69) is 27.7 Å². The summed E-state index contributed by atoms with van der Waals surface area (Å²) in [5.74, 6) is 2.87. The van der Waals surface area contributed by atoms with E-state index in [0.29, 0.717) is 55.9 Å². The number of rotatable bonds is 21. The van der Waals surface area contributed by atoms with Crippen molar-refractivity contribution in [3.8, 4) is 11.5 Å². The Kier molecular flexibility index (Phi) is 17.6. The van der Waals surface area contributed by atoms with Crippen molar-refractivity contribution in [3.05, 3.63) is 22.3 Å². The Morgan fingerprint density at radius 2 is 1.14 bits per heavy atom. The number of ether oxygens (including phenoxy) is 2. The van der Waals surface area contributed by atoms with Crippen molar-refractivity contribution in [3.63, 3.8) is 0 Å². The third-order valence-corrected chi connectivity index (χ3v) is 8.85. The van der Waals surface area contributed by atoms with Gasteiger partial charge in [0.15, 0.2) is 0 Å². The maximum absolute atomic E-state index is 12.5. The molecule has 0 spiro atoms. The van der Waals surface area contributed by atoms with E-state index in [0.717, 1.165) is 53.4 Å². The van der Waals surface area contributed by atoms with Gasteiger partial charge in [-0.05, 0) is 94.2 Å². The summed E-state index contributed by atoms with van der Waals surface area (Å²) in [5, 5.41) is 11.3. The Bertz CT molecular complexity index is 962. The van der Waals surface area contributed by atoms with Crippen LogP contribution in [0.3, 0.4) is 0 Å². The predicted octanol–water partition coefficient (Wildman–Crippen LogP) is 10.1. The molecular formula is C37H64O5. The molecule has 0 fully saturated rings. The third kappa shape index (κ3) is 14.1. The molecule has 1 aromatic carbocycles. The van der Waals surface area contributed by atoms with Crippen molar-refractivity contribution in [1.82, 2.24) is 0 Å². The molecule has 0 amide bonds. The lowest BCUT2D eigenvalue weighted by Gasteiger charge is -2.26. The van der Waals surface area contributed by atoms with Crippen LogP contribution in [0.4, 0.5) is 0 Å². The zero-order valence-corrected chi connectivity index (χ0v) is 28.9. The Hall–Kier alpha value is -1.88. The second kappa shape index (κ2) is 19.4.